The van der Waals surface area contributed by atoms with Crippen molar-refractivity contribution in [1.82, 2.24) is 19.4 Å². The van der Waals surface area contributed by atoms with E-state index >= 15 is 0 Å². The second-order valence-electron chi connectivity index (χ2n) is 4.65. The van der Waals surface area contributed by atoms with Gasteiger partial charge in [-0.25, -0.2) is 12.7 Å². The molecule has 1 amide bonds. The Morgan fingerprint density at radius 3 is 2.62 bits per heavy atom. The van der Waals surface area contributed by atoms with Crippen molar-refractivity contribution < 1.29 is 13.2 Å². The molecule has 1 heterocycles. The Hall–Kier alpha value is -1.61. The number of aromatic nitrogens is 2. The largest absolute Gasteiger partial charge is 0.396 e. The maximum Gasteiger partial charge on any atom is 0.273 e. The van der Waals surface area contributed by atoms with Crippen LogP contribution in [0.15, 0.2) is 6.20 Å². The lowest BCUT2D eigenvalue weighted by molar-refractivity contribution is 0.0948. The number of amides is 1. The third-order valence-corrected chi connectivity index (χ3v) is 4.40. The maximum absolute atomic E-state index is 11.9. The van der Waals surface area contributed by atoms with Gasteiger partial charge in [-0.15, -0.1) is 0 Å². The number of hydrogen-bond acceptors (Lipinski definition) is 5. The summed E-state index contributed by atoms with van der Waals surface area (Å²) in [6, 6.07) is 0. The molecular weight excluding hydrogens is 294 g/mol. The molecule has 0 atom stereocenters. The summed E-state index contributed by atoms with van der Waals surface area (Å²) in [5.41, 5.74) is 6.25. The van der Waals surface area contributed by atoms with E-state index in [1.54, 1.807) is 17.8 Å². The molecule has 0 spiro atoms. The highest BCUT2D eigenvalue weighted by Gasteiger charge is 2.16. The molecule has 3 N–H and O–H groups in total. The zero-order valence-electron chi connectivity index (χ0n) is 12.7. The number of rotatable bonds is 8. The van der Waals surface area contributed by atoms with Crippen LogP contribution >= 0.6 is 0 Å². The van der Waals surface area contributed by atoms with E-state index in [4.69, 9.17) is 5.73 Å². The topological polar surface area (TPSA) is 110 Å². The van der Waals surface area contributed by atoms with Crippen molar-refractivity contribution in [3.63, 3.8) is 0 Å². The summed E-state index contributed by atoms with van der Waals surface area (Å²) in [7, 11) is -3.19. The summed E-state index contributed by atoms with van der Waals surface area (Å²) in [6.45, 7) is 5.46. The fraction of sp³-hybridized carbons (Fsp3) is 0.667. The molecule has 0 saturated heterocycles. The van der Waals surface area contributed by atoms with Gasteiger partial charge < -0.3 is 11.1 Å². The molecule has 9 heteroatoms. The molecule has 0 aliphatic carbocycles. The highest BCUT2D eigenvalue weighted by Crippen LogP contribution is 2.08. The maximum atomic E-state index is 11.9. The third kappa shape index (κ3) is 5.01. The number of hydrogen-bond donors (Lipinski definition) is 2. The number of nitrogen functional groups attached to an aromatic ring is 1. The number of nitrogens with one attached hydrogen (secondary N) is 1. The molecule has 0 aliphatic rings. The Balaban J connectivity index is 2.45. The normalized spacial score (nSPS) is 11.8. The van der Waals surface area contributed by atoms with E-state index in [2.05, 4.69) is 10.4 Å². The van der Waals surface area contributed by atoms with Gasteiger partial charge >= 0.3 is 0 Å². The number of carbonyl (C=O) groups excluding carboxylic acids is 1. The molecule has 1 aromatic heterocycles. The van der Waals surface area contributed by atoms with Crippen molar-refractivity contribution in [2.45, 2.75) is 26.8 Å². The predicted octanol–water partition coefficient (Wildman–Crippen LogP) is -0.113. The Bertz CT molecular complexity index is 582. The monoisotopic (exact) mass is 317 g/mol. The lowest BCUT2D eigenvalue weighted by Gasteiger charge is -2.17. The van der Waals surface area contributed by atoms with Crippen molar-refractivity contribution in [3.8, 4) is 0 Å². The van der Waals surface area contributed by atoms with E-state index in [9.17, 15) is 13.2 Å². The molecule has 120 valence electrons. The second kappa shape index (κ2) is 7.41. The van der Waals surface area contributed by atoms with Crippen LogP contribution < -0.4 is 11.1 Å². The lowest BCUT2D eigenvalue weighted by atomic mass is 10.3. The van der Waals surface area contributed by atoms with Gasteiger partial charge in [-0.1, -0.05) is 6.92 Å². The molecule has 0 bridgehead atoms. The molecule has 1 aromatic rings. The first-order chi connectivity index (χ1) is 9.79. The Morgan fingerprint density at radius 2 is 2.14 bits per heavy atom. The predicted molar refractivity (Wildman–Crippen MR) is 81.4 cm³/mol. The highest BCUT2D eigenvalue weighted by molar-refractivity contribution is 7.88. The van der Waals surface area contributed by atoms with E-state index in [1.165, 1.54) is 10.6 Å². The Morgan fingerprint density at radius 1 is 1.48 bits per heavy atom. The highest BCUT2D eigenvalue weighted by atomic mass is 32.2. The molecular formula is C12H23N5O3S. The standard InChI is InChI=1S/C12H23N5O3S/c1-4-16-9-10(13)11(15-16)12(18)14-7-6-8-17(5-2)21(3,19)20/h9H,4-8,13H2,1-3H3,(H,14,18). The number of nitrogens with zero attached hydrogens (tertiary/aromatic N) is 3. The van der Waals surface area contributed by atoms with Crippen LogP contribution in [0.3, 0.4) is 0 Å². The minimum atomic E-state index is -3.19. The van der Waals surface area contributed by atoms with Crippen LogP contribution in [-0.4, -0.2) is 54.3 Å². The van der Waals surface area contributed by atoms with Crippen molar-refractivity contribution in [1.29, 1.82) is 0 Å². The molecule has 0 saturated carbocycles. The summed E-state index contributed by atoms with van der Waals surface area (Å²) in [6.07, 6.45) is 3.31. The molecule has 0 aromatic carbocycles. The molecule has 0 fully saturated rings. The summed E-state index contributed by atoms with van der Waals surface area (Å²) < 4.78 is 25.8. The van der Waals surface area contributed by atoms with Crippen LogP contribution in [0.5, 0.6) is 0 Å². The van der Waals surface area contributed by atoms with Crippen LogP contribution in [0.25, 0.3) is 0 Å². The van der Waals surface area contributed by atoms with Gasteiger partial charge in [-0.2, -0.15) is 5.10 Å². The molecule has 8 nitrogen and oxygen atoms in total. The minimum Gasteiger partial charge on any atom is -0.396 e. The van der Waals surface area contributed by atoms with Gasteiger partial charge in [0.2, 0.25) is 10.0 Å². The Labute approximate surface area is 125 Å². The zero-order valence-corrected chi connectivity index (χ0v) is 13.5. The second-order valence-corrected chi connectivity index (χ2v) is 6.64. The van der Waals surface area contributed by atoms with Crippen LogP contribution in [0, 0.1) is 0 Å². The number of anilines is 1. The van der Waals surface area contributed by atoms with E-state index in [0.29, 0.717) is 38.3 Å². The molecule has 21 heavy (non-hydrogen) atoms. The SMILES string of the molecule is CCN(CCCNC(=O)c1nn(CC)cc1N)S(C)(=O)=O. The van der Waals surface area contributed by atoms with E-state index in [1.807, 2.05) is 6.92 Å². The van der Waals surface area contributed by atoms with Crippen LogP contribution in [0.2, 0.25) is 0 Å². The van der Waals surface area contributed by atoms with Crippen LogP contribution in [0.4, 0.5) is 5.69 Å². The van der Waals surface area contributed by atoms with Crippen LogP contribution in [-0.2, 0) is 16.6 Å². The van der Waals surface area contributed by atoms with E-state index in [-0.39, 0.29) is 11.6 Å². The number of nitrogens with two attached hydrogens (primary N) is 1. The fourth-order valence-electron chi connectivity index (χ4n) is 1.87. The van der Waals surface area contributed by atoms with Gasteiger partial charge in [0.05, 0.1) is 11.9 Å². The lowest BCUT2D eigenvalue weighted by Crippen LogP contribution is -2.33. The summed E-state index contributed by atoms with van der Waals surface area (Å²) in [5, 5.41) is 6.76. The van der Waals surface area contributed by atoms with Gasteiger partial charge in [-0.3, -0.25) is 9.48 Å². The number of sulfonamides is 1. The number of carbonyl (C=O) groups is 1. The minimum absolute atomic E-state index is 0.201. The van der Waals surface area contributed by atoms with Gasteiger partial charge in [-0.05, 0) is 13.3 Å². The van der Waals surface area contributed by atoms with Gasteiger partial charge in [0.15, 0.2) is 5.69 Å². The quantitative estimate of drug-likeness (QED) is 0.650. The fourth-order valence-corrected chi connectivity index (χ4v) is 2.80. The molecule has 0 radical (unpaired) electrons. The first-order valence-corrected chi connectivity index (χ1v) is 8.70. The van der Waals surface area contributed by atoms with Gasteiger partial charge in [0.1, 0.15) is 0 Å². The zero-order chi connectivity index (χ0) is 16.0. The van der Waals surface area contributed by atoms with Crippen molar-refractivity contribution in [3.05, 3.63) is 11.9 Å². The van der Waals surface area contributed by atoms with Crippen molar-refractivity contribution in [2.75, 3.05) is 31.6 Å². The summed E-state index contributed by atoms with van der Waals surface area (Å²) >= 11 is 0. The molecule has 0 unspecified atom stereocenters. The first-order valence-electron chi connectivity index (χ1n) is 6.85. The van der Waals surface area contributed by atoms with Gasteiger partial charge in [0, 0.05) is 32.4 Å². The average Bonchev–Trinajstić information content (AvgIpc) is 2.78. The average molecular weight is 317 g/mol. The first kappa shape index (κ1) is 17.4. The molecule has 1 rings (SSSR count). The van der Waals surface area contributed by atoms with Crippen molar-refractivity contribution >= 4 is 21.6 Å². The van der Waals surface area contributed by atoms with Crippen LogP contribution in [0.1, 0.15) is 30.8 Å². The van der Waals surface area contributed by atoms with Gasteiger partial charge in [0.25, 0.3) is 5.91 Å². The number of aryl methyl sites for hydroxylation is 1. The Kier molecular flexibility index (Phi) is 6.16. The third-order valence-electron chi connectivity index (χ3n) is 3.02. The summed E-state index contributed by atoms with van der Waals surface area (Å²) in [4.78, 5) is 11.9. The molecule has 0 aliphatic heterocycles. The summed E-state index contributed by atoms with van der Waals surface area (Å²) in [5.74, 6) is -0.345. The van der Waals surface area contributed by atoms with E-state index < -0.39 is 10.0 Å². The smallest absolute Gasteiger partial charge is 0.273 e. The van der Waals surface area contributed by atoms with Crippen molar-refractivity contribution in [2.24, 2.45) is 0 Å². The van der Waals surface area contributed by atoms with E-state index in [0.717, 1.165) is 0 Å².